The van der Waals surface area contributed by atoms with Gasteiger partial charge in [-0.2, -0.15) is 0 Å². The first-order valence-electron chi connectivity index (χ1n) is 8.74. The first kappa shape index (κ1) is 22.4. The number of hydrogen-bond acceptors (Lipinski definition) is 6. The standard InChI is InChI=1S/C20H24N2O6S/c1-11-8-12(2)18(13(3)9-11)22-19(23)14(4)28-20(24)16-10-15(29(21,25)26)6-7-17(16)27-5/h6-10,14H,1-5H3,(H,22,23)(H2,21,25,26). The maximum Gasteiger partial charge on any atom is 0.342 e. The lowest BCUT2D eigenvalue weighted by atomic mass is 10.0. The molecule has 1 unspecified atom stereocenters. The lowest BCUT2D eigenvalue weighted by Gasteiger charge is -2.17. The maximum atomic E-state index is 12.5. The van der Waals surface area contributed by atoms with Crippen molar-refractivity contribution < 1.29 is 27.5 Å². The molecule has 0 bridgehead atoms. The Labute approximate surface area is 170 Å². The topological polar surface area (TPSA) is 125 Å². The van der Waals surface area contributed by atoms with Gasteiger partial charge in [-0.1, -0.05) is 17.7 Å². The minimum Gasteiger partial charge on any atom is -0.496 e. The van der Waals surface area contributed by atoms with Crippen molar-refractivity contribution in [2.24, 2.45) is 5.14 Å². The van der Waals surface area contributed by atoms with Gasteiger partial charge in [0.1, 0.15) is 11.3 Å². The van der Waals surface area contributed by atoms with Gasteiger partial charge in [0.2, 0.25) is 10.0 Å². The van der Waals surface area contributed by atoms with Gasteiger partial charge in [0.15, 0.2) is 6.10 Å². The molecule has 1 amide bonds. The highest BCUT2D eigenvalue weighted by Gasteiger charge is 2.24. The van der Waals surface area contributed by atoms with E-state index in [0.29, 0.717) is 5.69 Å². The van der Waals surface area contributed by atoms with Crippen molar-refractivity contribution in [1.29, 1.82) is 0 Å². The number of aryl methyl sites for hydroxylation is 3. The van der Waals surface area contributed by atoms with Crippen LogP contribution in [-0.2, 0) is 19.6 Å². The highest BCUT2D eigenvalue weighted by atomic mass is 32.2. The van der Waals surface area contributed by atoms with Gasteiger partial charge in [-0.15, -0.1) is 0 Å². The van der Waals surface area contributed by atoms with Crippen molar-refractivity contribution in [3.8, 4) is 5.75 Å². The number of benzene rings is 2. The van der Waals surface area contributed by atoms with E-state index in [1.54, 1.807) is 0 Å². The van der Waals surface area contributed by atoms with Gasteiger partial charge in [0.25, 0.3) is 5.91 Å². The zero-order valence-electron chi connectivity index (χ0n) is 16.9. The van der Waals surface area contributed by atoms with E-state index in [9.17, 15) is 18.0 Å². The van der Waals surface area contributed by atoms with Crippen LogP contribution < -0.4 is 15.2 Å². The second kappa shape index (κ2) is 8.62. The molecule has 0 spiro atoms. The molecule has 0 aliphatic carbocycles. The molecule has 2 rings (SSSR count). The van der Waals surface area contributed by atoms with E-state index in [2.05, 4.69) is 5.32 Å². The number of rotatable bonds is 6. The summed E-state index contributed by atoms with van der Waals surface area (Å²) < 4.78 is 33.4. The Morgan fingerprint density at radius 2 is 1.66 bits per heavy atom. The zero-order valence-corrected chi connectivity index (χ0v) is 17.7. The van der Waals surface area contributed by atoms with Gasteiger partial charge in [-0.3, -0.25) is 4.79 Å². The minimum atomic E-state index is -4.03. The molecular weight excluding hydrogens is 396 g/mol. The van der Waals surface area contributed by atoms with Gasteiger partial charge in [-0.25, -0.2) is 18.4 Å². The monoisotopic (exact) mass is 420 g/mol. The summed E-state index contributed by atoms with van der Waals surface area (Å²) >= 11 is 0. The molecule has 0 saturated carbocycles. The molecule has 156 valence electrons. The van der Waals surface area contributed by atoms with Crippen LogP contribution in [0.15, 0.2) is 35.2 Å². The number of nitrogens with two attached hydrogens (primary N) is 1. The molecule has 9 heteroatoms. The van der Waals surface area contributed by atoms with E-state index < -0.39 is 28.0 Å². The van der Waals surface area contributed by atoms with Crippen molar-refractivity contribution in [3.63, 3.8) is 0 Å². The molecule has 0 fully saturated rings. The summed E-state index contributed by atoms with van der Waals surface area (Å²) in [5.41, 5.74) is 3.34. The summed E-state index contributed by atoms with van der Waals surface area (Å²) in [6, 6.07) is 7.42. The maximum absolute atomic E-state index is 12.5. The van der Waals surface area contributed by atoms with Crippen molar-refractivity contribution in [2.75, 3.05) is 12.4 Å². The van der Waals surface area contributed by atoms with Gasteiger partial charge in [0.05, 0.1) is 12.0 Å². The van der Waals surface area contributed by atoms with Crippen LogP contribution in [0, 0.1) is 20.8 Å². The number of nitrogens with one attached hydrogen (secondary N) is 1. The van der Waals surface area contributed by atoms with Crippen LogP contribution in [0.1, 0.15) is 34.0 Å². The third-order valence-corrected chi connectivity index (χ3v) is 5.21. The number of carbonyl (C=O) groups is 2. The average Bonchev–Trinajstić information content (AvgIpc) is 2.62. The SMILES string of the molecule is COc1ccc(S(N)(=O)=O)cc1C(=O)OC(C)C(=O)Nc1c(C)cc(C)cc1C. The molecule has 0 radical (unpaired) electrons. The van der Waals surface area contributed by atoms with Crippen LogP contribution in [-0.4, -0.2) is 33.5 Å². The van der Waals surface area contributed by atoms with Gasteiger partial charge >= 0.3 is 5.97 Å². The smallest absolute Gasteiger partial charge is 0.342 e. The summed E-state index contributed by atoms with van der Waals surface area (Å²) in [4.78, 5) is 24.8. The molecule has 3 N–H and O–H groups in total. The van der Waals surface area contributed by atoms with Crippen LogP contribution in [0.2, 0.25) is 0 Å². The van der Waals surface area contributed by atoms with E-state index in [-0.39, 0.29) is 16.2 Å². The quantitative estimate of drug-likeness (QED) is 0.692. The molecule has 8 nitrogen and oxygen atoms in total. The van der Waals surface area contributed by atoms with Gasteiger partial charge < -0.3 is 14.8 Å². The Morgan fingerprint density at radius 1 is 1.07 bits per heavy atom. The molecule has 2 aromatic carbocycles. The summed E-state index contributed by atoms with van der Waals surface area (Å²) in [5.74, 6) is -1.33. The summed E-state index contributed by atoms with van der Waals surface area (Å²) in [5, 5.41) is 7.87. The average molecular weight is 420 g/mol. The summed E-state index contributed by atoms with van der Waals surface area (Å²) in [6.07, 6.45) is -1.13. The number of ether oxygens (including phenoxy) is 2. The largest absolute Gasteiger partial charge is 0.496 e. The molecule has 1 atom stereocenters. The molecule has 0 aromatic heterocycles. The number of sulfonamides is 1. The summed E-state index contributed by atoms with van der Waals surface area (Å²) in [6.45, 7) is 7.12. The third kappa shape index (κ3) is 5.33. The van der Waals surface area contributed by atoms with Gasteiger partial charge in [0, 0.05) is 5.69 Å². The van der Waals surface area contributed by atoms with Crippen molar-refractivity contribution in [3.05, 3.63) is 52.6 Å². The Kier molecular flexibility index (Phi) is 6.66. The summed E-state index contributed by atoms with van der Waals surface area (Å²) in [7, 11) is -2.70. The number of methoxy groups -OCH3 is 1. The fourth-order valence-corrected chi connectivity index (χ4v) is 3.44. The minimum absolute atomic E-state index is 0.0974. The van der Waals surface area contributed by atoms with Crippen molar-refractivity contribution in [1.82, 2.24) is 0 Å². The van der Waals surface area contributed by atoms with Crippen LogP contribution >= 0.6 is 0 Å². The molecule has 2 aromatic rings. The van der Waals surface area contributed by atoms with Gasteiger partial charge in [-0.05, 0) is 57.0 Å². The number of esters is 1. The third-order valence-electron chi connectivity index (χ3n) is 4.30. The number of carbonyl (C=O) groups excluding carboxylic acids is 2. The number of amides is 1. The van der Waals surface area contributed by atoms with Crippen LogP contribution in [0.5, 0.6) is 5.75 Å². The molecule has 29 heavy (non-hydrogen) atoms. The first-order chi connectivity index (χ1) is 13.4. The zero-order chi connectivity index (χ0) is 21.9. The molecule has 0 heterocycles. The second-order valence-corrected chi connectivity index (χ2v) is 8.28. The Hall–Kier alpha value is -2.91. The van der Waals surface area contributed by atoms with Crippen molar-refractivity contribution in [2.45, 2.75) is 38.7 Å². The second-order valence-electron chi connectivity index (χ2n) is 6.72. The Balaban J connectivity index is 2.21. The lowest BCUT2D eigenvalue weighted by Crippen LogP contribution is -2.30. The number of anilines is 1. The number of hydrogen-bond donors (Lipinski definition) is 2. The Morgan fingerprint density at radius 3 is 2.17 bits per heavy atom. The van der Waals surface area contributed by atoms with Crippen LogP contribution in [0.4, 0.5) is 5.69 Å². The predicted octanol–water partition coefficient (Wildman–Crippen LogP) is 2.45. The molecule has 0 aliphatic rings. The van der Waals surface area contributed by atoms with Crippen LogP contribution in [0.25, 0.3) is 0 Å². The van der Waals surface area contributed by atoms with Crippen molar-refractivity contribution >= 4 is 27.6 Å². The normalized spacial score (nSPS) is 12.2. The van der Waals surface area contributed by atoms with E-state index in [4.69, 9.17) is 14.6 Å². The lowest BCUT2D eigenvalue weighted by molar-refractivity contribution is -0.123. The predicted molar refractivity (Wildman–Crippen MR) is 109 cm³/mol. The molecule has 0 aliphatic heterocycles. The fraction of sp³-hybridized carbons (Fsp3) is 0.300. The van der Waals surface area contributed by atoms with E-state index in [0.717, 1.165) is 22.8 Å². The highest BCUT2D eigenvalue weighted by molar-refractivity contribution is 7.89. The fourth-order valence-electron chi connectivity index (χ4n) is 2.90. The first-order valence-corrected chi connectivity index (χ1v) is 10.3. The Bertz CT molecular complexity index is 1040. The molecule has 0 saturated heterocycles. The molecular formula is C20H24N2O6S. The highest BCUT2D eigenvalue weighted by Crippen LogP contribution is 2.24. The van der Waals surface area contributed by atoms with Crippen LogP contribution in [0.3, 0.4) is 0 Å². The van der Waals surface area contributed by atoms with E-state index in [1.807, 2.05) is 32.9 Å². The number of primary sulfonamides is 1. The van der Waals surface area contributed by atoms with E-state index in [1.165, 1.54) is 26.2 Å². The van der Waals surface area contributed by atoms with E-state index >= 15 is 0 Å².